The van der Waals surface area contributed by atoms with Crippen LogP contribution in [-0.4, -0.2) is 60.7 Å². The highest BCUT2D eigenvalue weighted by atomic mass is 127. The van der Waals surface area contributed by atoms with E-state index in [1.807, 2.05) is 29.5 Å². The zero-order valence-corrected chi connectivity index (χ0v) is 18.0. The van der Waals surface area contributed by atoms with E-state index in [1.54, 1.807) is 6.92 Å². The molecule has 0 aromatic carbocycles. The maximum absolute atomic E-state index is 12.2. The topological polar surface area (TPSA) is 105 Å². The lowest BCUT2D eigenvalue weighted by Crippen LogP contribution is -2.48. The molecule has 0 aromatic rings. The Balaban J connectivity index is 2.04. The van der Waals surface area contributed by atoms with Crippen LogP contribution in [-0.2, 0) is 38.1 Å². The number of rotatable bonds is 8. The first-order chi connectivity index (χ1) is 12.7. The Morgan fingerprint density at radius 2 is 1.85 bits per heavy atom. The second kappa shape index (κ2) is 8.85. The van der Waals surface area contributed by atoms with Gasteiger partial charge >= 0.3 is 17.9 Å². The Hall–Kier alpha value is -1.23. The van der Waals surface area contributed by atoms with Crippen molar-refractivity contribution in [3.05, 3.63) is 0 Å². The van der Waals surface area contributed by atoms with E-state index in [0.717, 1.165) is 6.29 Å². The molecule has 8 nitrogen and oxygen atoms in total. The molecular weight excluding hydrogens is 471 g/mol. The highest BCUT2D eigenvalue weighted by Crippen LogP contribution is 2.54. The van der Waals surface area contributed by atoms with Crippen LogP contribution in [0.1, 0.15) is 26.7 Å². The molecule has 152 valence electrons. The predicted molar refractivity (Wildman–Crippen MR) is 101 cm³/mol. The number of methoxy groups -OCH3 is 2. The fourth-order valence-corrected chi connectivity index (χ4v) is 4.23. The zero-order valence-electron chi connectivity index (χ0n) is 15.8. The van der Waals surface area contributed by atoms with Crippen LogP contribution in [0, 0.1) is 23.7 Å². The van der Waals surface area contributed by atoms with E-state index in [0.29, 0.717) is 12.8 Å². The fourth-order valence-electron chi connectivity index (χ4n) is 4.07. The van der Waals surface area contributed by atoms with E-state index >= 15 is 0 Å². The van der Waals surface area contributed by atoms with Gasteiger partial charge in [-0.25, -0.2) is 4.79 Å². The zero-order chi connectivity index (χ0) is 20.4. The van der Waals surface area contributed by atoms with Gasteiger partial charge in [-0.3, -0.25) is 9.59 Å². The summed E-state index contributed by atoms with van der Waals surface area (Å²) in [7, 11) is 2.74. The molecule has 0 aliphatic heterocycles. The Morgan fingerprint density at radius 3 is 2.37 bits per heavy atom. The first kappa shape index (κ1) is 22.1. The maximum atomic E-state index is 12.2. The number of carbonyl (C=O) groups is 4. The standard InChI is InChI=1S/C18H25IO8/c1-5-18(2,19)17(23)26-8-12(21)27-15-10-6-9(14(15)24-3)11(7-20)13(10)16(22)25-4/h7,9-11,13-15H,5-6,8H2,1-4H3. The van der Waals surface area contributed by atoms with Crippen molar-refractivity contribution in [2.45, 2.75) is 42.3 Å². The summed E-state index contributed by atoms with van der Waals surface area (Å²) >= 11 is 1.98. The Labute approximate surface area is 171 Å². The van der Waals surface area contributed by atoms with Crippen molar-refractivity contribution in [2.24, 2.45) is 23.7 Å². The third-order valence-electron chi connectivity index (χ3n) is 5.66. The summed E-state index contributed by atoms with van der Waals surface area (Å²) in [6, 6.07) is 0. The van der Waals surface area contributed by atoms with E-state index in [4.69, 9.17) is 18.9 Å². The molecule has 9 heteroatoms. The number of halogens is 1. The smallest absolute Gasteiger partial charge is 0.344 e. The lowest BCUT2D eigenvalue weighted by molar-refractivity contribution is -0.178. The third kappa shape index (κ3) is 4.28. The van der Waals surface area contributed by atoms with Crippen molar-refractivity contribution in [3.63, 3.8) is 0 Å². The lowest BCUT2D eigenvalue weighted by Gasteiger charge is -2.36. The van der Waals surface area contributed by atoms with Gasteiger partial charge in [0.25, 0.3) is 0 Å². The third-order valence-corrected chi connectivity index (χ3v) is 6.87. The first-order valence-electron chi connectivity index (χ1n) is 8.83. The highest BCUT2D eigenvalue weighted by molar-refractivity contribution is 14.1. The van der Waals surface area contributed by atoms with Crippen LogP contribution < -0.4 is 0 Å². The molecule has 2 bridgehead atoms. The normalized spacial score (nSPS) is 33.8. The van der Waals surface area contributed by atoms with Crippen LogP contribution in [0.2, 0.25) is 0 Å². The van der Waals surface area contributed by atoms with E-state index in [1.165, 1.54) is 14.2 Å². The minimum absolute atomic E-state index is 0.223. The van der Waals surface area contributed by atoms with Gasteiger partial charge in [-0.2, -0.15) is 0 Å². The first-order valence-corrected chi connectivity index (χ1v) is 9.91. The van der Waals surface area contributed by atoms with Crippen LogP contribution >= 0.6 is 22.6 Å². The van der Waals surface area contributed by atoms with Gasteiger partial charge < -0.3 is 23.7 Å². The molecular formula is C18H25IO8. The van der Waals surface area contributed by atoms with E-state index < -0.39 is 52.0 Å². The van der Waals surface area contributed by atoms with Gasteiger partial charge in [0, 0.05) is 18.9 Å². The van der Waals surface area contributed by atoms with Gasteiger partial charge in [-0.15, -0.1) is 0 Å². The van der Waals surface area contributed by atoms with Crippen molar-refractivity contribution >= 4 is 46.8 Å². The molecule has 2 aliphatic carbocycles. The average molecular weight is 496 g/mol. The number of aldehydes is 1. The second-order valence-corrected chi connectivity index (χ2v) is 9.49. The van der Waals surface area contributed by atoms with Crippen LogP contribution in [0.4, 0.5) is 0 Å². The molecule has 2 rings (SSSR count). The number of fused-ring (bicyclic) bond motifs is 2. The minimum atomic E-state index is -0.716. The Morgan fingerprint density at radius 1 is 1.19 bits per heavy atom. The Kier molecular flexibility index (Phi) is 7.23. The van der Waals surface area contributed by atoms with Gasteiger partial charge in [0.15, 0.2) is 6.61 Å². The maximum Gasteiger partial charge on any atom is 0.344 e. The molecule has 0 aromatic heterocycles. The molecule has 0 saturated heterocycles. The van der Waals surface area contributed by atoms with Crippen LogP contribution in [0.3, 0.4) is 0 Å². The van der Waals surface area contributed by atoms with Crippen molar-refractivity contribution in [2.75, 3.05) is 20.8 Å². The summed E-state index contributed by atoms with van der Waals surface area (Å²) in [5.41, 5.74) is 0. The fraction of sp³-hybridized carbons (Fsp3) is 0.778. The number of carbonyl (C=O) groups excluding carboxylic acids is 4. The predicted octanol–water partition coefficient (Wildman–Crippen LogP) is 1.31. The molecule has 0 heterocycles. The van der Waals surface area contributed by atoms with Gasteiger partial charge in [-0.05, 0) is 25.7 Å². The summed E-state index contributed by atoms with van der Waals surface area (Å²) in [6.45, 7) is 3.06. The Bertz CT molecular complexity index is 604. The number of esters is 3. The van der Waals surface area contributed by atoms with Crippen LogP contribution in [0.15, 0.2) is 0 Å². The number of alkyl halides is 1. The molecule has 0 N–H and O–H groups in total. The van der Waals surface area contributed by atoms with Gasteiger partial charge in [0.1, 0.15) is 15.8 Å². The van der Waals surface area contributed by atoms with Crippen molar-refractivity contribution in [1.82, 2.24) is 0 Å². The van der Waals surface area contributed by atoms with E-state index in [9.17, 15) is 19.2 Å². The quantitative estimate of drug-likeness (QED) is 0.163. The summed E-state index contributed by atoms with van der Waals surface area (Å²) in [5, 5.41) is 0. The summed E-state index contributed by atoms with van der Waals surface area (Å²) < 4.78 is 20.1. The molecule has 27 heavy (non-hydrogen) atoms. The van der Waals surface area contributed by atoms with Gasteiger partial charge in [-0.1, -0.05) is 29.5 Å². The number of ether oxygens (including phenoxy) is 4. The largest absolute Gasteiger partial charge is 0.469 e. The average Bonchev–Trinajstić information content (AvgIpc) is 3.20. The number of hydrogen-bond donors (Lipinski definition) is 0. The highest BCUT2D eigenvalue weighted by Gasteiger charge is 2.62. The minimum Gasteiger partial charge on any atom is -0.469 e. The summed E-state index contributed by atoms with van der Waals surface area (Å²) in [5.74, 6) is -3.48. The van der Waals surface area contributed by atoms with E-state index in [-0.39, 0.29) is 11.8 Å². The summed E-state index contributed by atoms with van der Waals surface area (Å²) in [6.07, 6.45) is 0.665. The van der Waals surface area contributed by atoms with Crippen molar-refractivity contribution in [1.29, 1.82) is 0 Å². The molecule has 2 fully saturated rings. The molecule has 0 spiro atoms. The van der Waals surface area contributed by atoms with Gasteiger partial charge in [0.2, 0.25) is 0 Å². The molecule has 0 amide bonds. The second-order valence-electron chi connectivity index (χ2n) is 7.11. The SMILES string of the molecule is CCC(C)(I)C(=O)OCC(=O)OC1C2CC(C(C=O)C2C(=O)OC)C1OC. The van der Waals surface area contributed by atoms with Crippen molar-refractivity contribution < 1.29 is 38.1 Å². The van der Waals surface area contributed by atoms with Crippen LogP contribution in [0.25, 0.3) is 0 Å². The molecule has 0 radical (unpaired) electrons. The molecule has 2 aliphatic rings. The van der Waals surface area contributed by atoms with Crippen LogP contribution in [0.5, 0.6) is 0 Å². The molecule has 2 saturated carbocycles. The van der Waals surface area contributed by atoms with Crippen molar-refractivity contribution in [3.8, 4) is 0 Å². The lowest BCUT2D eigenvalue weighted by atomic mass is 9.77. The van der Waals surface area contributed by atoms with E-state index in [2.05, 4.69) is 0 Å². The monoisotopic (exact) mass is 496 g/mol. The molecule has 7 unspecified atom stereocenters. The summed E-state index contributed by atoms with van der Waals surface area (Å²) in [4.78, 5) is 47.8. The van der Waals surface area contributed by atoms with Gasteiger partial charge in [0.05, 0.1) is 19.1 Å². The molecule has 7 atom stereocenters. The number of hydrogen-bond acceptors (Lipinski definition) is 8.